The Labute approximate surface area is 119 Å². The largest absolute Gasteiger partial charge is 0.336 e. The van der Waals surface area contributed by atoms with Gasteiger partial charge in [-0.1, -0.05) is 23.7 Å². The van der Waals surface area contributed by atoms with Gasteiger partial charge in [-0.05, 0) is 43.5 Å². The van der Waals surface area contributed by atoms with Crippen LogP contribution in [0.1, 0.15) is 25.3 Å². The molecule has 0 saturated carbocycles. The number of nitrogens with two attached hydrogens (primary N) is 1. The van der Waals surface area contributed by atoms with E-state index >= 15 is 0 Å². The van der Waals surface area contributed by atoms with E-state index in [0.717, 1.165) is 24.9 Å². The minimum Gasteiger partial charge on any atom is -0.336 e. The number of amides is 1. The van der Waals surface area contributed by atoms with Gasteiger partial charge in [0.2, 0.25) is 5.91 Å². The van der Waals surface area contributed by atoms with E-state index in [9.17, 15) is 4.79 Å². The van der Waals surface area contributed by atoms with Crippen molar-refractivity contribution in [1.82, 2.24) is 4.90 Å². The molecule has 1 aromatic carbocycles. The lowest BCUT2D eigenvalue weighted by molar-refractivity contribution is -0.129. The Hall–Kier alpha value is -1.32. The van der Waals surface area contributed by atoms with Gasteiger partial charge in [0.05, 0.1) is 0 Å². The van der Waals surface area contributed by atoms with Crippen LogP contribution in [0, 0.1) is 0 Å². The SMILES string of the molecule is CC1CC(N)CCN1C(=O)/C=C/c1ccc(Cl)cc1. The van der Waals surface area contributed by atoms with E-state index in [1.807, 2.05) is 42.2 Å². The van der Waals surface area contributed by atoms with Crippen molar-refractivity contribution in [3.05, 3.63) is 40.9 Å². The molecule has 2 atom stereocenters. The Morgan fingerprint density at radius 3 is 2.74 bits per heavy atom. The number of benzene rings is 1. The molecule has 1 aliphatic rings. The number of hydrogen-bond donors (Lipinski definition) is 1. The molecular weight excluding hydrogens is 260 g/mol. The van der Waals surface area contributed by atoms with Crippen LogP contribution in [-0.2, 0) is 4.79 Å². The summed E-state index contributed by atoms with van der Waals surface area (Å²) >= 11 is 5.82. The molecule has 1 amide bonds. The summed E-state index contributed by atoms with van der Waals surface area (Å²) in [6, 6.07) is 7.84. The van der Waals surface area contributed by atoms with Gasteiger partial charge in [0.1, 0.15) is 0 Å². The third-order valence-electron chi connectivity index (χ3n) is 3.49. The van der Waals surface area contributed by atoms with Crippen molar-refractivity contribution >= 4 is 23.6 Å². The van der Waals surface area contributed by atoms with Crippen molar-refractivity contribution in [2.45, 2.75) is 31.8 Å². The summed E-state index contributed by atoms with van der Waals surface area (Å²) in [6.45, 7) is 2.79. The topological polar surface area (TPSA) is 46.3 Å². The van der Waals surface area contributed by atoms with Gasteiger partial charge in [0, 0.05) is 29.7 Å². The number of halogens is 1. The second kappa shape index (κ2) is 6.22. The molecule has 1 aromatic rings. The van der Waals surface area contributed by atoms with Crippen LogP contribution in [-0.4, -0.2) is 29.4 Å². The van der Waals surface area contributed by atoms with Crippen molar-refractivity contribution in [3.8, 4) is 0 Å². The maximum Gasteiger partial charge on any atom is 0.246 e. The van der Waals surface area contributed by atoms with Crippen molar-refractivity contribution in [2.75, 3.05) is 6.54 Å². The van der Waals surface area contributed by atoms with Crippen molar-refractivity contribution in [2.24, 2.45) is 5.73 Å². The maximum atomic E-state index is 12.1. The first-order valence-electron chi connectivity index (χ1n) is 6.56. The predicted molar refractivity (Wildman–Crippen MR) is 78.9 cm³/mol. The summed E-state index contributed by atoms with van der Waals surface area (Å²) in [4.78, 5) is 14.0. The molecule has 0 aromatic heterocycles. The normalized spacial score (nSPS) is 23.8. The highest BCUT2D eigenvalue weighted by molar-refractivity contribution is 6.30. The maximum absolute atomic E-state index is 12.1. The predicted octanol–water partition coefficient (Wildman–Crippen LogP) is 2.69. The lowest BCUT2D eigenvalue weighted by Gasteiger charge is -2.35. The molecule has 1 saturated heterocycles. The first-order chi connectivity index (χ1) is 9.06. The van der Waals surface area contributed by atoms with E-state index in [2.05, 4.69) is 0 Å². The molecule has 2 rings (SSSR count). The van der Waals surface area contributed by atoms with Crippen LogP contribution < -0.4 is 5.73 Å². The van der Waals surface area contributed by atoms with Crippen LogP contribution in [0.3, 0.4) is 0 Å². The van der Waals surface area contributed by atoms with Crippen LogP contribution in [0.2, 0.25) is 5.02 Å². The fourth-order valence-corrected chi connectivity index (χ4v) is 2.50. The van der Waals surface area contributed by atoms with Crippen LogP contribution in [0.4, 0.5) is 0 Å². The number of likely N-dealkylation sites (tertiary alicyclic amines) is 1. The fraction of sp³-hybridized carbons (Fsp3) is 0.400. The van der Waals surface area contributed by atoms with Crippen LogP contribution in [0.5, 0.6) is 0 Å². The molecule has 4 heteroatoms. The van der Waals surface area contributed by atoms with Gasteiger partial charge in [-0.15, -0.1) is 0 Å². The fourth-order valence-electron chi connectivity index (χ4n) is 2.37. The monoisotopic (exact) mass is 278 g/mol. The number of piperidine rings is 1. The van der Waals surface area contributed by atoms with Gasteiger partial charge < -0.3 is 10.6 Å². The van der Waals surface area contributed by atoms with Gasteiger partial charge in [0.15, 0.2) is 0 Å². The van der Waals surface area contributed by atoms with Gasteiger partial charge >= 0.3 is 0 Å². The van der Waals surface area contributed by atoms with E-state index in [-0.39, 0.29) is 18.0 Å². The zero-order valence-electron chi connectivity index (χ0n) is 11.1. The molecular formula is C15H19ClN2O. The Bertz CT molecular complexity index is 470. The highest BCUT2D eigenvalue weighted by atomic mass is 35.5. The number of nitrogens with zero attached hydrogens (tertiary/aromatic N) is 1. The highest BCUT2D eigenvalue weighted by Gasteiger charge is 2.25. The van der Waals surface area contributed by atoms with Crippen molar-refractivity contribution in [3.63, 3.8) is 0 Å². The summed E-state index contributed by atoms with van der Waals surface area (Å²) in [5.74, 6) is 0.0503. The molecule has 1 fully saturated rings. The summed E-state index contributed by atoms with van der Waals surface area (Å²) in [5.41, 5.74) is 6.87. The Morgan fingerprint density at radius 2 is 2.11 bits per heavy atom. The van der Waals surface area contributed by atoms with Crippen LogP contribution in [0.15, 0.2) is 30.3 Å². The molecule has 2 unspecified atom stereocenters. The molecule has 2 N–H and O–H groups in total. The van der Waals surface area contributed by atoms with E-state index < -0.39 is 0 Å². The molecule has 0 spiro atoms. The number of rotatable bonds is 2. The molecule has 0 bridgehead atoms. The quantitative estimate of drug-likeness (QED) is 0.846. The zero-order chi connectivity index (χ0) is 13.8. The van der Waals surface area contributed by atoms with E-state index in [4.69, 9.17) is 17.3 Å². The van der Waals surface area contributed by atoms with Gasteiger partial charge in [-0.25, -0.2) is 0 Å². The third kappa shape index (κ3) is 3.82. The van der Waals surface area contributed by atoms with Gasteiger partial charge in [0.25, 0.3) is 0 Å². The lowest BCUT2D eigenvalue weighted by atomic mass is 9.99. The van der Waals surface area contributed by atoms with Crippen molar-refractivity contribution in [1.29, 1.82) is 0 Å². The van der Waals surface area contributed by atoms with Gasteiger partial charge in [-0.3, -0.25) is 4.79 Å². The first-order valence-corrected chi connectivity index (χ1v) is 6.94. The molecule has 0 radical (unpaired) electrons. The molecule has 0 aliphatic carbocycles. The molecule has 1 aliphatic heterocycles. The Kier molecular flexibility index (Phi) is 4.61. The van der Waals surface area contributed by atoms with E-state index in [1.54, 1.807) is 6.08 Å². The summed E-state index contributed by atoms with van der Waals surface area (Å²) < 4.78 is 0. The number of hydrogen-bond acceptors (Lipinski definition) is 2. The Balaban J connectivity index is 1.98. The van der Waals surface area contributed by atoms with Gasteiger partial charge in [-0.2, -0.15) is 0 Å². The standard InChI is InChI=1S/C15H19ClN2O/c1-11-10-14(17)8-9-18(11)15(19)7-4-12-2-5-13(16)6-3-12/h2-7,11,14H,8-10,17H2,1H3/b7-4+. The lowest BCUT2D eigenvalue weighted by Crippen LogP contribution is -2.47. The highest BCUT2D eigenvalue weighted by Crippen LogP contribution is 2.17. The van der Waals surface area contributed by atoms with E-state index in [1.165, 1.54) is 0 Å². The number of carbonyl (C=O) groups excluding carboxylic acids is 1. The van der Waals surface area contributed by atoms with Crippen LogP contribution >= 0.6 is 11.6 Å². The zero-order valence-corrected chi connectivity index (χ0v) is 11.8. The first kappa shape index (κ1) is 14.1. The Morgan fingerprint density at radius 1 is 1.42 bits per heavy atom. The minimum atomic E-state index is 0.0503. The molecule has 19 heavy (non-hydrogen) atoms. The average Bonchev–Trinajstić information content (AvgIpc) is 2.37. The summed E-state index contributed by atoms with van der Waals surface area (Å²) in [7, 11) is 0. The minimum absolute atomic E-state index is 0.0503. The van der Waals surface area contributed by atoms with E-state index in [0.29, 0.717) is 5.02 Å². The summed E-state index contributed by atoms with van der Waals surface area (Å²) in [6.07, 6.45) is 5.20. The van der Waals surface area contributed by atoms with Crippen LogP contribution in [0.25, 0.3) is 6.08 Å². The average molecular weight is 279 g/mol. The second-order valence-corrected chi connectivity index (χ2v) is 5.49. The summed E-state index contributed by atoms with van der Waals surface area (Å²) in [5, 5.41) is 0.696. The number of carbonyl (C=O) groups is 1. The smallest absolute Gasteiger partial charge is 0.246 e. The second-order valence-electron chi connectivity index (χ2n) is 5.05. The van der Waals surface area contributed by atoms with Crippen molar-refractivity contribution < 1.29 is 4.79 Å². The molecule has 1 heterocycles. The third-order valence-corrected chi connectivity index (χ3v) is 3.74. The molecule has 102 valence electrons. The molecule has 3 nitrogen and oxygen atoms in total.